The van der Waals surface area contributed by atoms with Crippen LogP contribution in [0.25, 0.3) is 0 Å². The molecule has 1 rings (SSSR count). The predicted octanol–water partition coefficient (Wildman–Crippen LogP) is 1.34. The van der Waals surface area contributed by atoms with E-state index in [0.29, 0.717) is 11.3 Å². The fourth-order valence-electron chi connectivity index (χ4n) is 1.19. The van der Waals surface area contributed by atoms with Crippen LogP contribution in [-0.4, -0.2) is 31.6 Å². The van der Waals surface area contributed by atoms with Gasteiger partial charge in [0.2, 0.25) is 0 Å². The molecule has 4 nitrogen and oxygen atoms in total. The molecule has 0 spiro atoms. The zero-order chi connectivity index (χ0) is 12.3. The first-order valence-electron chi connectivity index (χ1n) is 4.51. The number of aliphatic hydroxyl groups excluding tert-OH is 1. The Labute approximate surface area is 99.7 Å². The molecule has 90 valence electrons. The molecule has 2 atom stereocenters. The number of hydrogen-bond acceptors (Lipinski definition) is 4. The summed E-state index contributed by atoms with van der Waals surface area (Å²) in [5.41, 5.74) is 0.436. The van der Waals surface area contributed by atoms with E-state index in [4.69, 9.17) is 16.3 Å². The maximum Gasteiger partial charge on any atom is 0.167 e. The first kappa shape index (κ1) is 13.3. The number of halogens is 1. The number of aliphatic hydroxyl groups is 1. The van der Waals surface area contributed by atoms with Crippen LogP contribution in [0.3, 0.4) is 0 Å². The lowest BCUT2D eigenvalue weighted by molar-refractivity contribution is 0.192. The van der Waals surface area contributed by atoms with Crippen molar-refractivity contribution in [2.75, 3.05) is 13.4 Å². The Morgan fingerprint density at radius 3 is 2.19 bits per heavy atom. The van der Waals surface area contributed by atoms with Crippen LogP contribution < -0.4 is 4.74 Å². The van der Waals surface area contributed by atoms with Crippen LogP contribution in [-0.2, 0) is 9.84 Å². The van der Waals surface area contributed by atoms with Crippen molar-refractivity contribution in [3.05, 3.63) is 29.8 Å². The Bertz CT molecular complexity index is 440. The van der Waals surface area contributed by atoms with Gasteiger partial charge in [0.25, 0.3) is 0 Å². The quantitative estimate of drug-likeness (QED) is 0.834. The third kappa shape index (κ3) is 3.10. The van der Waals surface area contributed by atoms with Crippen molar-refractivity contribution in [2.24, 2.45) is 0 Å². The summed E-state index contributed by atoms with van der Waals surface area (Å²) in [5, 5.41) is 9.74. The molecule has 0 bridgehead atoms. The Morgan fingerprint density at radius 2 is 1.81 bits per heavy atom. The molecule has 16 heavy (non-hydrogen) atoms. The van der Waals surface area contributed by atoms with Gasteiger partial charge in [0.1, 0.15) is 11.9 Å². The molecule has 1 aromatic rings. The van der Waals surface area contributed by atoms with E-state index in [2.05, 4.69) is 0 Å². The third-order valence-corrected chi connectivity index (χ3v) is 4.40. The monoisotopic (exact) mass is 264 g/mol. The van der Waals surface area contributed by atoms with E-state index < -0.39 is 20.7 Å². The van der Waals surface area contributed by atoms with Gasteiger partial charge in [0.15, 0.2) is 14.5 Å². The van der Waals surface area contributed by atoms with Crippen LogP contribution in [0.1, 0.15) is 11.7 Å². The number of rotatable bonds is 4. The summed E-state index contributed by atoms with van der Waals surface area (Å²) in [4.78, 5) is 0. The van der Waals surface area contributed by atoms with E-state index in [0.717, 1.165) is 6.26 Å². The van der Waals surface area contributed by atoms with Gasteiger partial charge in [-0.15, -0.1) is 11.6 Å². The summed E-state index contributed by atoms with van der Waals surface area (Å²) in [6.45, 7) is 0. The van der Waals surface area contributed by atoms with Crippen LogP contribution in [0, 0.1) is 0 Å². The van der Waals surface area contributed by atoms with Crippen molar-refractivity contribution >= 4 is 21.4 Å². The summed E-state index contributed by atoms with van der Waals surface area (Å²) in [6.07, 6.45) is -0.264. The molecular weight excluding hydrogens is 252 g/mol. The highest BCUT2D eigenvalue weighted by atomic mass is 35.5. The minimum absolute atomic E-state index is 0.436. The van der Waals surface area contributed by atoms with Crippen LogP contribution >= 0.6 is 11.6 Å². The van der Waals surface area contributed by atoms with Gasteiger partial charge in [-0.2, -0.15) is 0 Å². The van der Waals surface area contributed by atoms with Crippen molar-refractivity contribution in [1.82, 2.24) is 0 Å². The number of benzene rings is 1. The van der Waals surface area contributed by atoms with Crippen molar-refractivity contribution < 1.29 is 18.3 Å². The summed E-state index contributed by atoms with van der Waals surface area (Å²) in [7, 11) is -1.96. The van der Waals surface area contributed by atoms with Crippen LogP contribution in [0.15, 0.2) is 24.3 Å². The molecule has 0 heterocycles. The predicted molar refractivity (Wildman–Crippen MR) is 62.4 cm³/mol. The van der Waals surface area contributed by atoms with E-state index in [1.165, 1.54) is 7.11 Å². The smallest absolute Gasteiger partial charge is 0.167 e. The van der Waals surface area contributed by atoms with Crippen molar-refractivity contribution in [1.29, 1.82) is 0 Å². The Hall–Kier alpha value is -0.780. The highest BCUT2D eigenvalue weighted by Crippen LogP contribution is 2.26. The molecule has 6 heteroatoms. The van der Waals surface area contributed by atoms with E-state index in [1.54, 1.807) is 24.3 Å². The molecule has 0 aliphatic heterocycles. The van der Waals surface area contributed by atoms with Gasteiger partial charge >= 0.3 is 0 Å². The highest BCUT2D eigenvalue weighted by molar-refractivity contribution is 7.92. The van der Waals surface area contributed by atoms with E-state index >= 15 is 0 Å². The third-order valence-electron chi connectivity index (χ3n) is 2.11. The zero-order valence-corrected chi connectivity index (χ0v) is 10.5. The van der Waals surface area contributed by atoms with Gasteiger partial charge in [-0.25, -0.2) is 8.42 Å². The summed E-state index contributed by atoms with van der Waals surface area (Å²) in [6, 6.07) is 6.41. The Kier molecular flexibility index (Phi) is 4.18. The molecule has 0 fully saturated rings. The van der Waals surface area contributed by atoms with Gasteiger partial charge in [-0.3, -0.25) is 0 Å². The van der Waals surface area contributed by atoms with Crippen LogP contribution in [0.5, 0.6) is 5.75 Å². The number of sulfone groups is 1. The summed E-state index contributed by atoms with van der Waals surface area (Å²) >= 11 is 5.65. The number of hydrogen-bond donors (Lipinski definition) is 1. The van der Waals surface area contributed by atoms with Crippen LogP contribution in [0.2, 0.25) is 0 Å². The SMILES string of the molecule is COc1ccc(C(O)C(Cl)S(C)(=O)=O)cc1. The second kappa shape index (κ2) is 5.03. The molecule has 1 aromatic carbocycles. The topological polar surface area (TPSA) is 63.6 Å². The molecule has 2 unspecified atom stereocenters. The van der Waals surface area contributed by atoms with E-state index in [1.807, 2.05) is 0 Å². The first-order valence-corrected chi connectivity index (χ1v) is 6.90. The average molecular weight is 265 g/mol. The molecular formula is C10H13ClO4S. The Morgan fingerprint density at radius 1 is 1.31 bits per heavy atom. The normalized spacial score (nSPS) is 15.5. The number of methoxy groups -OCH3 is 1. The lowest BCUT2D eigenvalue weighted by atomic mass is 10.1. The van der Waals surface area contributed by atoms with Crippen molar-refractivity contribution in [3.8, 4) is 5.75 Å². The highest BCUT2D eigenvalue weighted by Gasteiger charge is 2.27. The second-order valence-electron chi connectivity index (χ2n) is 3.40. The molecule has 1 N–H and O–H groups in total. The van der Waals surface area contributed by atoms with Gasteiger partial charge in [0.05, 0.1) is 7.11 Å². The van der Waals surface area contributed by atoms with Crippen molar-refractivity contribution in [3.63, 3.8) is 0 Å². The molecule has 0 saturated heterocycles. The lowest BCUT2D eigenvalue weighted by Crippen LogP contribution is -2.21. The summed E-state index contributed by atoms with van der Waals surface area (Å²) < 4.78 is 25.9. The Balaban J connectivity index is 2.92. The molecule has 0 saturated carbocycles. The average Bonchev–Trinajstić information content (AvgIpc) is 2.26. The van der Waals surface area contributed by atoms with Gasteiger partial charge in [0, 0.05) is 6.26 Å². The maximum atomic E-state index is 11.2. The van der Waals surface area contributed by atoms with Gasteiger partial charge in [-0.05, 0) is 17.7 Å². The largest absolute Gasteiger partial charge is 0.497 e. The summed E-state index contributed by atoms with van der Waals surface area (Å²) in [5.74, 6) is 0.626. The first-order chi connectivity index (χ1) is 7.36. The molecule has 0 amide bonds. The fourth-order valence-corrected chi connectivity index (χ4v) is 1.96. The van der Waals surface area contributed by atoms with Crippen molar-refractivity contribution in [2.45, 2.75) is 10.8 Å². The van der Waals surface area contributed by atoms with Gasteiger partial charge in [-0.1, -0.05) is 12.1 Å². The molecule has 0 aliphatic carbocycles. The fraction of sp³-hybridized carbons (Fsp3) is 0.400. The minimum Gasteiger partial charge on any atom is -0.497 e. The molecule has 0 aliphatic rings. The lowest BCUT2D eigenvalue weighted by Gasteiger charge is -2.15. The molecule has 0 aromatic heterocycles. The van der Waals surface area contributed by atoms with E-state index in [-0.39, 0.29) is 0 Å². The van der Waals surface area contributed by atoms with E-state index in [9.17, 15) is 13.5 Å². The number of ether oxygens (including phenoxy) is 1. The zero-order valence-electron chi connectivity index (χ0n) is 8.92. The maximum absolute atomic E-state index is 11.2. The van der Waals surface area contributed by atoms with Crippen LogP contribution in [0.4, 0.5) is 0 Å². The number of alkyl halides is 1. The minimum atomic E-state index is -3.48. The molecule has 0 radical (unpaired) electrons. The standard InChI is InChI=1S/C10H13ClO4S/c1-15-8-5-3-7(4-6-8)9(12)10(11)16(2,13)14/h3-6,9-10,12H,1-2H3. The second-order valence-corrected chi connectivity index (χ2v) is 6.29. The van der Waals surface area contributed by atoms with Gasteiger partial charge < -0.3 is 9.84 Å².